The number of carbonyl (C=O) groups excluding carboxylic acids is 4. The normalized spacial score (nSPS) is 13.4. The number of nitrogens with one attached hydrogen (secondary N) is 1. The molecule has 6 nitrogen and oxygen atoms in total. The number of hydrogen-bond donors (Lipinski definition) is 1. The van der Waals surface area contributed by atoms with Gasteiger partial charge in [0.05, 0.1) is 7.11 Å². The first-order valence-electron chi connectivity index (χ1n) is 10.5. The van der Waals surface area contributed by atoms with E-state index in [1.54, 1.807) is 59.7 Å². The maximum atomic E-state index is 13.1. The summed E-state index contributed by atoms with van der Waals surface area (Å²) in [7, 11) is 1.26. The van der Waals surface area contributed by atoms with E-state index in [9.17, 15) is 19.2 Å². The van der Waals surface area contributed by atoms with Crippen LogP contribution in [-0.4, -0.2) is 36.6 Å². The lowest BCUT2D eigenvalue weighted by Gasteiger charge is -2.25. The van der Waals surface area contributed by atoms with Crippen molar-refractivity contribution in [3.05, 3.63) is 34.9 Å². The predicted octanol–water partition coefficient (Wildman–Crippen LogP) is 4.39. The number of carbonyl (C=O) groups is 4. The zero-order valence-corrected chi connectivity index (χ0v) is 20.6. The molecular formula is C25H37NO5. The molecule has 1 atom stereocenters. The second-order valence-electron chi connectivity index (χ2n) is 11.0. The van der Waals surface area contributed by atoms with E-state index in [0.29, 0.717) is 16.7 Å². The first kappa shape index (κ1) is 26.5. The molecule has 1 amide bonds. The molecule has 0 radical (unpaired) electrons. The topological polar surface area (TPSA) is 89.5 Å². The molecule has 0 saturated heterocycles. The molecule has 1 rings (SSSR count). The first-order chi connectivity index (χ1) is 13.9. The van der Waals surface area contributed by atoms with Crippen LogP contribution >= 0.6 is 0 Å². The zero-order chi connectivity index (χ0) is 24.4. The summed E-state index contributed by atoms with van der Waals surface area (Å²) in [5, 5.41) is 2.73. The molecule has 0 heterocycles. The van der Waals surface area contributed by atoms with E-state index in [4.69, 9.17) is 4.74 Å². The molecule has 1 aromatic carbocycles. The lowest BCUT2D eigenvalue weighted by atomic mass is 9.79. The van der Waals surface area contributed by atoms with Crippen LogP contribution in [0, 0.1) is 16.2 Å². The quantitative estimate of drug-likeness (QED) is 0.533. The summed E-state index contributed by atoms with van der Waals surface area (Å²) in [6.07, 6.45) is 0.142. The standard InChI is InChI=1S/C25H37NO5/c1-23(2,3)19(27)16-12-11-15(13-17(16)20(28)24(4,5)6)14-18(21(29)31-10)26-22(30)25(7,8)9/h11-13,18H,14H2,1-10H3,(H,26,30)/t18-/m0/s1. The minimum atomic E-state index is -0.904. The van der Waals surface area contributed by atoms with Crippen LogP contribution in [0.4, 0.5) is 0 Å². The molecule has 0 aromatic heterocycles. The van der Waals surface area contributed by atoms with Crippen molar-refractivity contribution in [3.8, 4) is 0 Å². The second kappa shape index (κ2) is 9.33. The molecule has 1 aromatic rings. The van der Waals surface area contributed by atoms with Gasteiger partial charge in [0, 0.05) is 33.8 Å². The third-order valence-corrected chi connectivity index (χ3v) is 4.85. The Kier molecular flexibility index (Phi) is 7.98. The summed E-state index contributed by atoms with van der Waals surface area (Å²) in [5.41, 5.74) is -0.664. The summed E-state index contributed by atoms with van der Waals surface area (Å²) >= 11 is 0. The molecule has 0 spiro atoms. The van der Waals surface area contributed by atoms with Crippen molar-refractivity contribution >= 4 is 23.4 Å². The molecule has 1 N–H and O–H groups in total. The van der Waals surface area contributed by atoms with Crippen LogP contribution in [0.3, 0.4) is 0 Å². The maximum absolute atomic E-state index is 13.1. The number of rotatable bonds is 6. The largest absolute Gasteiger partial charge is 0.467 e. The van der Waals surface area contributed by atoms with Crippen LogP contribution < -0.4 is 5.32 Å². The average Bonchev–Trinajstić information content (AvgIpc) is 2.63. The number of ether oxygens (including phenoxy) is 1. The van der Waals surface area contributed by atoms with Crippen molar-refractivity contribution in [1.82, 2.24) is 5.32 Å². The Bertz CT molecular complexity index is 863. The van der Waals surface area contributed by atoms with Gasteiger partial charge in [-0.25, -0.2) is 4.79 Å². The molecule has 0 aliphatic rings. The van der Waals surface area contributed by atoms with Gasteiger partial charge in [-0.2, -0.15) is 0 Å². The molecule has 0 fully saturated rings. The highest BCUT2D eigenvalue weighted by Crippen LogP contribution is 2.29. The van der Waals surface area contributed by atoms with Gasteiger partial charge in [0.1, 0.15) is 6.04 Å². The molecule has 0 bridgehead atoms. The summed E-state index contributed by atoms with van der Waals surface area (Å²) in [6, 6.07) is 4.11. The summed E-state index contributed by atoms with van der Waals surface area (Å²) in [5.74, 6) is -1.14. The van der Waals surface area contributed by atoms with Crippen molar-refractivity contribution < 1.29 is 23.9 Å². The Balaban J connectivity index is 3.45. The van der Waals surface area contributed by atoms with Crippen LogP contribution in [0.2, 0.25) is 0 Å². The van der Waals surface area contributed by atoms with Gasteiger partial charge >= 0.3 is 5.97 Å². The fourth-order valence-electron chi connectivity index (χ4n) is 2.86. The van der Waals surface area contributed by atoms with Gasteiger partial charge in [0.25, 0.3) is 0 Å². The molecule has 0 aliphatic heterocycles. The van der Waals surface area contributed by atoms with Gasteiger partial charge in [-0.3, -0.25) is 14.4 Å². The fourth-order valence-corrected chi connectivity index (χ4v) is 2.86. The van der Waals surface area contributed by atoms with Crippen molar-refractivity contribution in [1.29, 1.82) is 0 Å². The molecule has 172 valence electrons. The number of esters is 1. The van der Waals surface area contributed by atoms with E-state index < -0.39 is 28.3 Å². The number of hydrogen-bond acceptors (Lipinski definition) is 5. The predicted molar refractivity (Wildman–Crippen MR) is 121 cm³/mol. The van der Waals surface area contributed by atoms with Gasteiger partial charge in [0.2, 0.25) is 5.91 Å². The Labute approximate surface area is 186 Å². The van der Waals surface area contributed by atoms with Crippen molar-refractivity contribution in [2.45, 2.75) is 74.8 Å². The summed E-state index contributed by atoms with van der Waals surface area (Å²) in [4.78, 5) is 50.9. The van der Waals surface area contributed by atoms with E-state index in [1.807, 2.05) is 20.8 Å². The Morgan fingerprint density at radius 1 is 0.806 bits per heavy atom. The maximum Gasteiger partial charge on any atom is 0.328 e. The third-order valence-electron chi connectivity index (χ3n) is 4.85. The Morgan fingerprint density at radius 2 is 1.29 bits per heavy atom. The monoisotopic (exact) mass is 431 g/mol. The van der Waals surface area contributed by atoms with Gasteiger partial charge in [0.15, 0.2) is 11.6 Å². The van der Waals surface area contributed by atoms with Crippen LogP contribution in [-0.2, 0) is 20.7 Å². The first-order valence-corrected chi connectivity index (χ1v) is 10.5. The minimum Gasteiger partial charge on any atom is -0.467 e. The van der Waals surface area contributed by atoms with E-state index >= 15 is 0 Å². The lowest BCUT2D eigenvalue weighted by molar-refractivity contribution is -0.146. The number of benzene rings is 1. The highest BCUT2D eigenvalue weighted by atomic mass is 16.5. The molecular weight excluding hydrogens is 394 g/mol. The highest BCUT2D eigenvalue weighted by Gasteiger charge is 2.33. The van der Waals surface area contributed by atoms with Gasteiger partial charge in [-0.1, -0.05) is 74.4 Å². The van der Waals surface area contributed by atoms with Crippen LogP contribution in [0.15, 0.2) is 18.2 Å². The molecule has 6 heteroatoms. The SMILES string of the molecule is COC(=O)[C@H](Cc1ccc(C(=O)C(C)(C)C)c(C(=O)C(C)(C)C)c1)NC(=O)C(C)(C)C. The summed E-state index contributed by atoms with van der Waals surface area (Å²) < 4.78 is 4.86. The van der Waals surface area contributed by atoms with Crippen molar-refractivity contribution in [2.24, 2.45) is 16.2 Å². The smallest absolute Gasteiger partial charge is 0.328 e. The molecule has 0 aliphatic carbocycles. The van der Waals surface area contributed by atoms with Crippen LogP contribution in [0.25, 0.3) is 0 Å². The van der Waals surface area contributed by atoms with Gasteiger partial charge in [-0.15, -0.1) is 0 Å². The highest BCUT2D eigenvalue weighted by molar-refractivity contribution is 6.12. The second-order valence-corrected chi connectivity index (χ2v) is 11.0. The van der Waals surface area contributed by atoms with Crippen molar-refractivity contribution in [3.63, 3.8) is 0 Å². The van der Waals surface area contributed by atoms with Gasteiger partial charge in [-0.05, 0) is 11.6 Å². The lowest BCUT2D eigenvalue weighted by Crippen LogP contribution is -2.47. The molecule has 0 saturated carbocycles. The number of amides is 1. The third kappa shape index (κ3) is 7.01. The number of Topliss-reactive ketones (excluding diaryl/α,β-unsaturated/α-hetero) is 2. The Hall–Kier alpha value is -2.50. The fraction of sp³-hybridized carbons (Fsp3) is 0.600. The van der Waals surface area contributed by atoms with E-state index in [1.165, 1.54) is 7.11 Å². The number of ketones is 2. The van der Waals surface area contributed by atoms with Crippen LogP contribution in [0.1, 0.15) is 88.6 Å². The molecule has 0 unspecified atom stereocenters. The van der Waals surface area contributed by atoms with Crippen molar-refractivity contribution in [2.75, 3.05) is 7.11 Å². The Morgan fingerprint density at radius 3 is 1.71 bits per heavy atom. The molecule has 31 heavy (non-hydrogen) atoms. The summed E-state index contributed by atoms with van der Waals surface area (Å²) in [6.45, 7) is 16.1. The van der Waals surface area contributed by atoms with E-state index in [-0.39, 0.29) is 23.9 Å². The minimum absolute atomic E-state index is 0.128. The van der Waals surface area contributed by atoms with Crippen LogP contribution in [0.5, 0.6) is 0 Å². The zero-order valence-electron chi connectivity index (χ0n) is 20.6. The van der Waals surface area contributed by atoms with E-state index in [0.717, 1.165) is 0 Å². The van der Waals surface area contributed by atoms with Gasteiger partial charge < -0.3 is 10.1 Å². The average molecular weight is 432 g/mol. The number of methoxy groups -OCH3 is 1. The van der Waals surface area contributed by atoms with E-state index in [2.05, 4.69) is 5.32 Å².